The van der Waals surface area contributed by atoms with Crippen molar-refractivity contribution in [1.82, 2.24) is 15.5 Å². The van der Waals surface area contributed by atoms with Crippen LogP contribution in [0.15, 0.2) is 0 Å². The van der Waals surface area contributed by atoms with Gasteiger partial charge in [0.25, 0.3) is 5.91 Å². The molecule has 8 nitrogen and oxygen atoms in total. The number of rotatable bonds is 8. The lowest BCUT2D eigenvalue weighted by atomic mass is 9.97. The van der Waals surface area contributed by atoms with Crippen molar-refractivity contribution in [2.45, 2.75) is 65.2 Å². The van der Waals surface area contributed by atoms with E-state index in [1.165, 1.54) is 4.90 Å². The van der Waals surface area contributed by atoms with E-state index in [9.17, 15) is 19.5 Å². The minimum atomic E-state index is -0.799. The van der Waals surface area contributed by atoms with Crippen LogP contribution in [0.5, 0.6) is 0 Å². The first-order valence-corrected chi connectivity index (χ1v) is 9.63. The largest absolute Gasteiger partial charge is 0.444 e. The predicted molar refractivity (Wildman–Crippen MR) is 105 cm³/mol. The van der Waals surface area contributed by atoms with Crippen LogP contribution in [0, 0.1) is 24.2 Å². The highest BCUT2D eigenvalue weighted by atomic mass is 16.6. The van der Waals surface area contributed by atoms with Gasteiger partial charge < -0.3 is 25.4 Å². The molecule has 1 heterocycles. The number of hydrogen-bond acceptors (Lipinski definition) is 5. The standard InChI is InChI=1S/C20H33N3O5/c1-7-17(25)23(12-15-8-9-21-18(15)26)11-13(2)10-16(14(3)24)22-19(27)28-20(4,5)6/h1,13-16,24H,8-12H2,2-6H3,(H,21,26)(H,22,27)/t13?,14?,15-,16-/m0/s1. The number of aliphatic hydroxyl groups is 1. The lowest BCUT2D eigenvalue weighted by Gasteiger charge is -2.30. The molecule has 0 spiro atoms. The maximum Gasteiger partial charge on any atom is 0.407 e. The number of carbonyl (C=O) groups excluding carboxylic acids is 3. The summed E-state index contributed by atoms with van der Waals surface area (Å²) >= 11 is 0. The van der Waals surface area contributed by atoms with Crippen LogP contribution in [0.2, 0.25) is 0 Å². The van der Waals surface area contributed by atoms with Crippen molar-refractivity contribution in [3.63, 3.8) is 0 Å². The maximum absolute atomic E-state index is 12.1. The molecule has 3 N–H and O–H groups in total. The normalized spacial score (nSPS) is 19.8. The smallest absolute Gasteiger partial charge is 0.407 e. The second kappa shape index (κ2) is 10.3. The van der Waals surface area contributed by atoms with Gasteiger partial charge in [-0.25, -0.2) is 4.79 Å². The number of alkyl carbamates (subject to hydrolysis) is 1. The molecular weight excluding hydrogens is 362 g/mol. The van der Waals surface area contributed by atoms with Crippen LogP contribution in [-0.4, -0.2) is 65.3 Å². The van der Waals surface area contributed by atoms with Gasteiger partial charge in [-0.1, -0.05) is 6.92 Å². The summed E-state index contributed by atoms with van der Waals surface area (Å²) in [5.74, 6) is 1.22. The summed E-state index contributed by atoms with van der Waals surface area (Å²) in [6.07, 6.45) is 4.95. The van der Waals surface area contributed by atoms with Crippen molar-refractivity contribution < 1.29 is 24.2 Å². The van der Waals surface area contributed by atoms with Crippen molar-refractivity contribution in [3.8, 4) is 12.3 Å². The van der Waals surface area contributed by atoms with Crippen LogP contribution in [0.4, 0.5) is 4.79 Å². The average molecular weight is 396 g/mol. The molecule has 1 rings (SSSR count). The summed E-state index contributed by atoms with van der Waals surface area (Å²) in [4.78, 5) is 37.4. The Morgan fingerprint density at radius 3 is 2.54 bits per heavy atom. The molecule has 4 atom stereocenters. The predicted octanol–water partition coefficient (Wildman–Crippen LogP) is 0.885. The Morgan fingerprint density at radius 1 is 1.43 bits per heavy atom. The fraction of sp³-hybridized carbons (Fsp3) is 0.750. The fourth-order valence-electron chi connectivity index (χ4n) is 3.14. The number of terminal acetylenes is 1. The summed E-state index contributed by atoms with van der Waals surface area (Å²) < 4.78 is 5.24. The molecule has 3 amide bonds. The fourth-order valence-corrected chi connectivity index (χ4v) is 3.14. The monoisotopic (exact) mass is 395 g/mol. The van der Waals surface area contributed by atoms with Gasteiger partial charge in [0.15, 0.2) is 0 Å². The number of nitrogens with zero attached hydrogens (tertiary/aromatic N) is 1. The van der Waals surface area contributed by atoms with E-state index in [0.717, 1.165) is 0 Å². The van der Waals surface area contributed by atoms with E-state index in [2.05, 4.69) is 16.6 Å². The Morgan fingerprint density at radius 2 is 2.07 bits per heavy atom. The summed E-state index contributed by atoms with van der Waals surface area (Å²) in [7, 11) is 0. The molecule has 158 valence electrons. The van der Waals surface area contributed by atoms with Crippen LogP contribution in [0.25, 0.3) is 0 Å². The van der Waals surface area contributed by atoms with Gasteiger partial charge in [0, 0.05) is 19.6 Å². The molecule has 1 aliphatic rings. The number of amides is 3. The molecule has 0 aromatic carbocycles. The molecule has 1 fully saturated rings. The zero-order valence-electron chi connectivity index (χ0n) is 17.4. The van der Waals surface area contributed by atoms with Gasteiger partial charge in [-0.2, -0.15) is 0 Å². The van der Waals surface area contributed by atoms with Crippen molar-refractivity contribution in [1.29, 1.82) is 0 Å². The minimum Gasteiger partial charge on any atom is -0.444 e. The van der Waals surface area contributed by atoms with Gasteiger partial charge >= 0.3 is 6.09 Å². The highest BCUT2D eigenvalue weighted by Gasteiger charge is 2.30. The molecule has 1 aliphatic heterocycles. The molecule has 0 radical (unpaired) electrons. The van der Waals surface area contributed by atoms with Gasteiger partial charge in [-0.15, -0.1) is 6.42 Å². The quantitative estimate of drug-likeness (QED) is 0.529. The molecule has 28 heavy (non-hydrogen) atoms. The summed E-state index contributed by atoms with van der Waals surface area (Å²) in [6.45, 7) is 9.95. The van der Waals surface area contributed by atoms with Crippen LogP contribution < -0.4 is 10.6 Å². The van der Waals surface area contributed by atoms with Crippen molar-refractivity contribution in [3.05, 3.63) is 0 Å². The zero-order valence-corrected chi connectivity index (χ0v) is 17.4. The average Bonchev–Trinajstić information content (AvgIpc) is 2.96. The molecule has 0 aliphatic carbocycles. The molecule has 8 heteroatoms. The maximum atomic E-state index is 12.1. The van der Waals surface area contributed by atoms with Crippen LogP contribution in [0.3, 0.4) is 0 Å². The highest BCUT2D eigenvalue weighted by Crippen LogP contribution is 2.17. The van der Waals surface area contributed by atoms with Crippen LogP contribution in [0.1, 0.15) is 47.5 Å². The third-order valence-corrected chi connectivity index (χ3v) is 4.49. The first-order chi connectivity index (χ1) is 12.9. The van der Waals surface area contributed by atoms with Crippen molar-refractivity contribution in [2.75, 3.05) is 19.6 Å². The van der Waals surface area contributed by atoms with Crippen LogP contribution >= 0.6 is 0 Å². The Labute approximate surface area is 167 Å². The third-order valence-electron chi connectivity index (χ3n) is 4.49. The number of ether oxygens (including phenoxy) is 1. The molecule has 2 unspecified atom stereocenters. The van der Waals surface area contributed by atoms with E-state index >= 15 is 0 Å². The second-order valence-electron chi connectivity index (χ2n) is 8.47. The van der Waals surface area contributed by atoms with Gasteiger partial charge in [0.05, 0.1) is 18.1 Å². The Hall–Kier alpha value is -2.27. The number of hydrogen-bond donors (Lipinski definition) is 3. The van der Waals surface area contributed by atoms with Gasteiger partial charge in [-0.3, -0.25) is 9.59 Å². The van der Waals surface area contributed by atoms with E-state index < -0.39 is 29.7 Å². The topological polar surface area (TPSA) is 108 Å². The molecule has 0 bridgehead atoms. The minimum absolute atomic E-state index is 0.0729. The van der Waals surface area contributed by atoms with Gasteiger partial charge in [0.1, 0.15) is 5.60 Å². The lowest BCUT2D eigenvalue weighted by molar-refractivity contribution is -0.128. The Kier molecular flexibility index (Phi) is 8.76. The zero-order chi connectivity index (χ0) is 21.5. The van der Waals surface area contributed by atoms with Gasteiger partial charge in [-0.05, 0) is 52.4 Å². The molecule has 0 saturated carbocycles. The van der Waals surface area contributed by atoms with E-state index in [0.29, 0.717) is 25.9 Å². The molecule has 0 aromatic heterocycles. The van der Waals surface area contributed by atoms with E-state index in [-0.39, 0.29) is 24.3 Å². The number of nitrogens with one attached hydrogen (secondary N) is 2. The summed E-state index contributed by atoms with van der Waals surface area (Å²) in [6, 6.07) is -0.539. The van der Waals surface area contributed by atoms with E-state index in [4.69, 9.17) is 11.2 Å². The SMILES string of the molecule is C#CC(=O)N(CC(C)C[C@H](NC(=O)OC(C)(C)C)C(C)O)C[C@@H]1CCNC1=O. The van der Waals surface area contributed by atoms with Crippen molar-refractivity contribution in [2.24, 2.45) is 11.8 Å². The van der Waals surface area contributed by atoms with E-state index in [1.54, 1.807) is 27.7 Å². The summed E-state index contributed by atoms with van der Waals surface area (Å²) in [5.41, 5.74) is -0.642. The Bertz CT molecular complexity index is 606. The van der Waals surface area contributed by atoms with E-state index in [1.807, 2.05) is 6.92 Å². The highest BCUT2D eigenvalue weighted by molar-refractivity contribution is 5.93. The lowest BCUT2D eigenvalue weighted by Crippen LogP contribution is -2.46. The van der Waals surface area contributed by atoms with Crippen LogP contribution in [-0.2, 0) is 14.3 Å². The number of carbonyl (C=O) groups is 3. The first kappa shape index (κ1) is 23.8. The second-order valence-corrected chi connectivity index (χ2v) is 8.47. The first-order valence-electron chi connectivity index (χ1n) is 9.63. The Balaban J connectivity index is 2.69. The van der Waals surface area contributed by atoms with Crippen molar-refractivity contribution >= 4 is 17.9 Å². The van der Waals surface area contributed by atoms with Gasteiger partial charge in [0.2, 0.25) is 5.91 Å². The molecule has 1 saturated heterocycles. The molecular formula is C20H33N3O5. The number of aliphatic hydroxyl groups excluding tert-OH is 1. The third kappa shape index (κ3) is 8.17. The molecule has 0 aromatic rings. The summed E-state index contributed by atoms with van der Waals surface area (Å²) in [5, 5.41) is 15.5.